The fourth-order valence-electron chi connectivity index (χ4n) is 2.02. The van der Waals surface area contributed by atoms with Crippen LogP contribution < -0.4 is 4.74 Å². The number of rotatable bonds is 5. The monoisotopic (exact) mass is 344 g/mol. The zero-order valence-corrected chi connectivity index (χ0v) is 13.5. The third kappa shape index (κ3) is 3.55. The third-order valence-corrected chi connectivity index (χ3v) is 3.59. The van der Waals surface area contributed by atoms with Crippen LogP contribution in [0, 0.1) is 0 Å². The van der Waals surface area contributed by atoms with Gasteiger partial charge in [-0.25, -0.2) is 4.79 Å². The summed E-state index contributed by atoms with van der Waals surface area (Å²) in [5.41, 5.74) is 1.99. The molecule has 0 radical (unpaired) electrons. The van der Waals surface area contributed by atoms with Crippen molar-refractivity contribution >= 4 is 17.6 Å². The maximum absolute atomic E-state index is 11.4. The molecule has 1 aromatic heterocycles. The van der Waals surface area contributed by atoms with Crippen molar-refractivity contribution in [2.75, 3.05) is 7.11 Å². The van der Waals surface area contributed by atoms with Gasteiger partial charge in [0.1, 0.15) is 6.61 Å². The van der Waals surface area contributed by atoms with Gasteiger partial charge in [0.15, 0.2) is 0 Å². The summed E-state index contributed by atoms with van der Waals surface area (Å²) in [4.78, 5) is 15.5. The van der Waals surface area contributed by atoms with E-state index in [1.165, 1.54) is 7.11 Å². The summed E-state index contributed by atoms with van der Waals surface area (Å²) in [6, 6.07) is 14.0. The molecule has 1 heterocycles. The molecule has 0 unspecified atom stereocenters. The van der Waals surface area contributed by atoms with E-state index in [-0.39, 0.29) is 18.7 Å². The molecule has 24 heavy (non-hydrogen) atoms. The quantitative estimate of drug-likeness (QED) is 0.656. The summed E-state index contributed by atoms with van der Waals surface area (Å²) < 4.78 is 15.2. The zero-order chi connectivity index (χ0) is 16.9. The molecule has 7 heteroatoms. The van der Waals surface area contributed by atoms with E-state index < -0.39 is 0 Å². The molecule has 0 spiro atoms. The maximum Gasteiger partial charge on any atom is 0.417 e. The van der Waals surface area contributed by atoms with E-state index in [0.29, 0.717) is 22.0 Å². The lowest BCUT2D eigenvalue weighted by atomic mass is 10.1. The number of nitrogens with zero attached hydrogens (tertiary/aromatic N) is 2. The zero-order valence-electron chi connectivity index (χ0n) is 12.7. The summed E-state index contributed by atoms with van der Waals surface area (Å²) in [5.74, 6) is -0.0274. The van der Waals surface area contributed by atoms with Gasteiger partial charge in [0, 0.05) is 5.56 Å². The minimum Gasteiger partial charge on any atom is -0.465 e. The van der Waals surface area contributed by atoms with E-state index in [0.717, 1.165) is 5.56 Å². The number of carbonyl (C=O) groups is 1. The Bertz CT molecular complexity index is 846. The van der Waals surface area contributed by atoms with Crippen LogP contribution in [0.3, 0.4) is 0 Å². The van der Waals surface area contributed by atoms with Crippen LogP contribution in [0.5, 0.6) is 6.08 Å². The Kier molecular flexibility index (Phi) is 4.77. The highest BCUT2D eigenvalue weighted by Gasteiger charge is 2.12. The fraction of sp³-hybridized carbons (Fsp3) is 0.118. The Morgan fingerprint density at radius 2 is 1.92 bits per heavy atom. The lowest BCUT2D eigenvalue weighted by Crippen LogP contribution is -2.02. The van der Waals surface area contributed by atoms with Crippen molar-refractivity contribution in [3.8, 4) is 17.5 Å². The van der Waals surface area contributed by atoms with Gasteiger partial charge >= 0.3 is 12.0 Å². The molecule has 122 valence electrons. The van der Waals surface area contributed by atoms with E-state index in [9.17, 15) is 4.79 Å². The highest BCUT2D eigenvalue weighted by atomic mass is 35.5. The first-order valence-corrected chi connectivity index (χ1v) is 7.44. The Balaban J connectivity index is 1.65. The molecule has 3 aromatic rings. The number of esters is 1. The van der Waals surface area contributed by atoms with Gasteiger partial charge in [-0.2, -0.15) is 4.98 Å². The van der Waals surface area contributed by atoms with Crippen LogP contribution in [0.2, 0.25) is 5.02 Å². The van der Waals surface area contributed by atoms with Crippen LogP contribution in [-0.2, 0) is 11.3 Å². The second-order valence-electron chi connectivity index (χ2n) is 4.84. The predicted molar refractivity (Wildman–Crippen MR) is 86.9 cm³/mol. The SMILES string of the molecule is COC(=O)c1ccc(COc2nc(-c3ccccc3Cl)no2)cc1. The molecule has 0 aliphatic rings. The van der Waals surface area contributed by atoms with E-state index in [1.807, 2.05) is 12.1 Å². The minimum atomic E-state index is -0.385. The van der Waals surface area contributed by atoms with Crippen molar-refractivity contribution in [3.63, 3.8) is 0 Å². The summed E-state index contributed by atoms with van der Waals surface area (Å²) >= 11 is 6.09. The van der Waals surface area contributed by atoms with Gasteiger partial charge in [0.2, 0.25) is 5.82 Å². The highest BCUT2D eigenvalue weighted by molar-refractivity contribution is 6.33. The Morgan fingerprint density at radius 1 is 1.17 bits per heavy atom. The van der Waals surface area contributed by atoms with Gasteiger partial charge in [0.25, 0.3) is 0 Å². The summed E-state index contributed by atoms with van der Waals surface area (Å²) in [6.07, 6.45) is 0.0435. The number of hydrogen-bond acceptors (Lipinski definition) is 6. The number of benzene rings is 2. The van der Waals surface area contributed by atoms with Crippen LogP contribution >= 0.6 is 11.6 Å². The van der Waals surface area contributed by atoms with Crippen molar-refractivity contribution in [2.24, 2.45) is 0 Å². The predicted octanol–water partition coefficient (Wildman–Crippen LogP) is 3.76. The van der Waals surface area contributed by atoms with Crippen molar-refractivity contribution in [2.45, 2.75) is 6.61 Å². The summed E-state index contributed by atoms with van der Waals surface area (Å²) in [5, 5.41) is 4.38. The average molecular weight is 345 g/mol. The van der Waals surface area contributed by atoms with Gasteiger partial charge in [-0.05, 0) is 29.8 Å². The van der Waals surface area contributed by atoms with E-state index in [1.54, 1.807) is 36.4 Å². The number of aromatic nitrogens is 2. The second-order valence-corrected chi connectivity index (χ2v) is 5.25. The molecule has 6 nitrogen and oxygen atoms in total. The molecule has 0 aliphatic heterocycles. The van der Waals surface area contributed by atoms with Crippen LogP contribution in [0.4, 0.5) is 0 Å². The Labute approximate surface area is 143 Å². The van der Waals surface area contributed by atoms with E-state index in [2.05, 4.69) is 14.9 Å². The van der Waals surface area contributed by atoms with Gasteiger partial charge in [-0.15, -0.1) is 0 Å². The first-order valence-electron chi connectivity index (χ1n) is 7.06. The molecule has 0 saturated carbocycles. The number of methoxy groups -OCH3 is 1. The van der Waals surface area contributed by atoms with Crippen molar-refractivity contribution < 1.29 is 18.8 Å². The van der Waals surface area contributed by atoms with E-state index >= 15 is 0 Å². The molecular weight excluding hydrogens is 332 g/mol. The van der Waals surface area contributed by atoms with E-state index in [4.69, 9.17) is 20.9 Å². The fourth-order valence-corrected chi connectivity index (χ4v) is 2.24. The molecule has 0 amide bonds. The molecule has 0 atom stereocenters. The summed E-state index contributed by atoms with van der Waals surface area (Å²) in [6.45, 7) is 0.228. The highest BCUT2D eigenvalue weighted by Crippen LogP contribution is 2.26. The van der Waals surface area contributed by atoms with Crippen molar-refractivity contribution in [1.29, 1.82) is 0 Å². The molecule has 2 aromatic carbocycles. The Morgan fingerprint density at radius 3 is 2.62 bits per heavy atom. The first kappa shape index (κ1) is 16.0. The molecule has 0 bridgehead atoms. The van der Waals surface area contributed by atoms with Gasteiger partial charge in [-0.1, -0.05) is 41.0 Å². The standard InChI is InChI=1S/C17H13ClN2O4/c1-22-16(21)12-8-6-11(7-9-12)10-23-17-19-15(20-24-17)13-4-2-3-5-14(13)18/h2-9H,10H2,1H3. The van der Waals surface area contributed by atoms with Crippen LogP contribution in [0.25, 0.3) is 11.4 Å². The van der Waals surface area contributed by atoms with Gasteiger partial charge in [-0.3, -0.25) is 4.52 Å². The lowest BCUT2D eigenvalue weighted by Gasteiger charge is -2.03. The van der Waals surface area contributed by atoms with Gasteiger partial charge in [0.05, 0.1) is 17.7 Å². The average Bonchev–Trinajstić information content (AvgIpc) is 3.09. The molecule has 3 rings (SSSR count). The normalized spacial score (nSPS) is 10.4. The molecule has 0 fully saturated rings. The lowest BCUT2D eigenvalue weighted by molar-refractivity contribution is 0.0600. The van der Waals surface area contributed by atoms with Crippen LogP contribution in [-0.4, -0.2) is 23.2 Å². The third-order valence-electron chi connectivity index (χ3n) is 3.26. The van der Waals surface area contributed by atoms with Crippen molar-refractivity contribution in [3.05, 3.63) is 64.7 Å². The smallest absolute Gasteiger partial charge is 0.417 e. The molecule has 0 aliphatic carbocycles. The number of hydrogen-bond donors (Lipinski definition) is 0. The second kappa shape index (κ2) is 7.14. The van der Waals surface area contributed by atoms with Crippen LogP contribution in [0.15, 0.2) is 53.1 Å². The number of carbonyl (C=O) groups excluding carboxylic acids is 1. The summed E-state index contributed by atoms with van der Waals surface area (Å²) in [7, 11) is 1.34. The maximum atomic E-state index is 11.4. The molecular formula is C17H13ClN2O4. The Hall–Kier alpha value is -2.86. The topological polar surface area (TPSA) is 74.5 Å². The number of ether oxygens (including phenoxy) is 2. The molecule has 0 saturated heterocycles. The molecule has 0 N–H and O–H groups in total. The van der Waals surface area contributed by atoms with Gasteiger partial charge < -0.3 is 9.47 Å². The van der Waals surface area contributed by atoms with Crippen molar-refractivity contribution in [1.82, 2.24) is 10.1 Å². The van der Waals surface area contributed by atoms with Crippen LogP contribution in [0.1, 0.15) is 15.9 Å². The minimum absolute atomic E-state index is 0.0435. The largest absolute Gasteiger partial charge is 0.465 e. The number of halogens is 1. The first-order chi connectivity index (χ1) is 11.7.